The number of aliphatic hydroxyl groups excluding tert-OH is 1. The molecule has 0 amide bonds. The zero-order valence-electron chi connectivity index (χ0n) is 6.21. The molecule has 0 heterocycles. The molecule has 0 radical (unpaired) electrons. The fourth-order valence-corrected chi connectivity index (χ4v) is 0.667. The predicted octanol–water partition coefficient (Wildman–Crippen LogP) is 0.943. The Hall–Kier alpha value is 0.170. The quantitative estimate of drug-likeness (QED) is 0.491. The normalized spacial score (nSPS) is 16.8. The zero-order valence-corrected chi connectivity index (χ0v) is 6.97. The highest BCUT2D eigenvalue weighted by molar-refractivity contribution is 6.19. The Morgan fingerprint density at radius 2 is 2.10 bits per heavy atom. The summed E-state index contributed by atoms with van der Waals surface area (Å²) in [5.41, 5.74) is -0.353. The van der Waals surface area contributed by atoms with Crippen molar-refractivity contribution in [1.29, 1.82) is 0 Å². The Morgan fingerprint density at radius 1 is 1.50 bits per heavy atom. The highest BCUT2D eigenvalue weighted by Crippen LogP contribution is 2.02. The first kappa shape index (κ1) is 10.2. The van der Waals surface area contributed by atoms with E-state index in [4.69, 9.17) is 26.2 Å². The van der Waals surface area contributed by atoms with Gasteiger partial charge in [0.1, 0.15) is 5.56 Å². The number of rotatable bonds is 5. The van der Waals surface area contributed by atoms with Gasteiger partial charge in [-0.3, -0.25) is 0 Å². The van der Waals surface area contributed by atoms with Crippen molar-refractivity contribution in [2.24, 2.45) is 0 Å². The highest BCUT2D eigenvalue weighted by Gasteiger charge is 2.04. The smallest absolute Gasteiger partial charge is 0.156 e. The summed E-state index contributed by atoms with van der Waals surface area (Å²) in [5, 5.41) is 8.34. The minimum atomic E-state index is -0.353. The first-order valence-electron chi connectivity index (χ1n) is 3.18. The van der Waals surface area contributed by atoms with Crippen molar-refractivity contribution in [1.82, 2.24) is 0 Å². The molecular weight excluding hydrogens is 156 g/mol. The first-order valence-corrected chi connectivity index (χ1v) is 3.62. The Kier molecular flexibility index (Phi) is 6.02. The number of alkyl halides is 1. The topological polar surface area (TPSA) is 38.7 Å². The summed E-state index contributed by atoms with van der Waals surface area (Å²) in [7, 11) is 0. The third-order valence-corrected chi connectivity index (χ3v) is 0.926. The van der Waals surface area contributed by atoms with E-state index < -0.39 is 0 Å². The number of hydrogen-bond donors (Lipinski definition) is 1. The predicted molar refractivity (Wildman–Crippen MR) is 38.9 cm³/mol. The van der Waals surface area contributed by atoms with E-state index in [0.29, 0.717) is 0 Å². The fraction of sp³-hybridized carbons (Fsp3) is 1.00. The molecule has 62 valence electrons. The molecule has 0 aliphatic heterocycles. The maximum atomic E-state index is 8.34. The third kappa shape index (κ3) is 6.29. The number of ether oxygens (including phenoxy) is 2. The molecule has 1 N–H and O–H groups in total. The van der Waals surface area contributed by atoms with Crippen LogP contribution in [-0.4, -0.2) is 30.2 Å². The van der Waals surface area contributed by atoms with Crippen molar-refractivity contribution < 1.29 is 14.6 Å². The molecule has 0 rings (SSSR count). The van der Waals surface area contributed by atoms with Crippen LogP contribution in [0.3, 0.4) is 0 Å². The minimum Gasteiger partial charge on any atom is -0.394 e. The standard InChI is InChI=1S/C6H13ClO3/c1-5(7)10-6(2)9-4-3-8/h5-6,8H,3-4H2,1-2H3. The zero-order chi connectivity index (χ0) is 7.98. The first-order chi connectivity index (χ1) is 4.66. The van der Waals surface area contributed by atoms with Gasteiger partial charge in [0.05, 0.1) is 13.2 Å². The van der Waals surface area contributed by atoms with Crippen LogP contribution in [0.5, 0.6) is 0 Å². The van der Waals surface area contributed by atoms with Crippen molar-refractivity contribution in [3.05, 3.63) is 0 Å². The van der Waals surface area contributed by atoms with Crippen molar-refractivity contribution in [2.45, 2.75) is 25.7 Å². The van der Waals surface area contributed by atoms with Crippen LogP contribution in [0.1, 0.15) is 13.8 Å². The molecule has 2 atom stereocenters. The van der Waals surface area contributed by atoms with Crippen LogP contribution in [0, 0.1) is 0 Å². The molecule has 0 aliphatic carbocycles. The van der Waals surface area contributed by atoms with E-state index in [-0.39, 0.29) is 25.1 Å². The Morgan fingerprint density at radius 3 is 2.50 bits per heavy atom. The van der Waals surface area contributed by atoms with E-state index in [0.717, 1.165) is 0 Å². The summed E-state index contributed by atoms with van der Waals surface area (Å²) in [6.07, 6.45) is -0.348. The molecule has 3 nitrogen and oxygen atoms in total. The fourth-order valence-electron chi connectivity index (χ4n) is 0.522. The maximum absolute atomic E-state index is 8.34. The van der Waals surface area contributed by atoms with Crippen LogP contribution >= 0.6 is 11.6 Å². The molecule has 0 fully saturated rings. The van der Waals surface area contributed by atoms with Crippen molar-refractivity contribution in [2.75, 3.05) is 13.2 Å². The van der Waals surface area contributed by atoms with Gasteiger partial charge in [-0.15, -0.1) is 0 Å². The van der Waals surface area contributed by atoms with Gasteiger partial charge < -0.3 is 14.6 Å². The average molecular weight is 169 g/mol. The number of hydrogen-bond acceptors (Lipinski definition) is 3. The highest BCUT2D eigenvalue weighted by atomic mass is 35.5. The number of aliphatic hydroxyl groups is 1. The van der Waals surface area contributed by atoms with Gasteiger partial charge in [-0.2, -0.15) is 0 Å². The van der Waals surface area contributed by atoms with E-state index >= 15 is 0 Å². The second kappa shape index (κ2) is 5.92. The van der Waals surface area contributed by atoms with Crippen LogP contribution in [0.4, 0.5) is 0 Å². The lowest BCUT2D eigenvalue weighted by Crippen LogP contribution is -2.18. The van der Waals surface area contributed by atoms with Gasteiger partial charge in [0.15, 0.2) is 6.29 Å². The van der Waals surface area contributed by atoms with E-state index in [9.17, 15) is 0 Å². The molecule has 10 heavy (non-hydrogen) atoms. The molecular formula is C6H13ClO3. The van der Waals surface area contributed by atoms with Crippen molar-refractivity contribution in [3.63, 3.8) is 0 Å². The second-order valence-corrected chi connectivity index (χ2v) is 2.46. The summed E-state index contributed by atoms with van der Waals surface area (Å²) in [6.45, 7) is 3.73. The molecule has 2 unspecified atom stereocenters. The minimum absolute atomic E-state index is 0.00433. The molecule has 0 aromatic carbocycles. The molecule has 4 heteroatoms. The van der Waals surface area contributed by atoms with Gasteiger partial charge in [-0.25, -0.2) is 0 Å². The van der Waals surface area contributed by atoms with Gasteiger partial charge in [0.2, 0.25) is 0 Å². The van der Waals surface area contributed by atoms with Crippen molar-refractivity contribution in [3.8, 4) is 0 Å². The molecule has 0 aromatic heterocycles. The number of halogens is 1. The molecule has 0 aliphatic rings. The van der Waals surface area contributed by atoms with Gasteiger partial charge in [-0.05, 0) is 13.8 Å². The Bertz CT molecular complexity index is 77.4. The summed E-state index contributed by atoms with van der Waals surface area (Å²) in [6, 6.07) is 0. The van der Waals surface area contributed by atoms with E-state index in [1.54, 1.807) is 13.8 Å². The van der Waals surface area contributed by atoms with Gasteiger partial charge in [0, 0.05) is 0 Å². The monoisotopic (exact) mass is 168 g/mol. The van der Waals surface area contributed by atoms with E-state index in [1.807, 2.05) is 0 Å². The summed E-state index contributed by atoms with van der Waals surface area (Å²) < 4.78 is 9.93. The lowest BCUT2D eigenvalue weighted by molar-refractivity contribution is -0.142. The molecule has 0 bridgehead atoms. The van der Waals surface area contributed by atoms with Gasteiger partial charge >= 0.3 is 0 Å². The van der Waals surface area contributed by atoms with Crippen LogP contribution < -0.4 is 0 Å². The van der Waals surface area contributed by atoms with Gasteiger partial charge in [0.25, 0.3) is 0 Å². The largest absolute Gasteiger partial charge is 0.394 e. The Labute approximate surface area is 65.9 Å². The Balaban J connectivity index is 3.16. The molecule has 0 spiro atoms. The lowest BCUT2D eigenvalue weighted by Gasteiger charge is -2.14. The van der Waals surface area contributed by atoms with Crippen LogP contribution in [0.15, 0.2) is 0 Å². The second-order valence-electron chi connectivity index (χ2n) is 1.84. The van der Waals surface area contributed by atoms with E-state index in [1.165, 1.54) is 0 Å². The summed E-state index contributed by atoms with van der Waals surface area (Å²) >= 11 is 5.49. The SMILES string of the molecule is CC(Cl)OC(C)OCCO. The maximum Gasteiger partial charge on any atom is 0.156 e. The van der Waals surface area contributed by atoms with Crippen LogP contribution in [0.25, 0.3) is 0 Å². The molecule has 0 aromatic rings. The average Bonchev–Trinajstić information content (AvgIpc) is 1.82. The summed E-state index contributed by atoms with van der Waals surface area (Å²) in [4.78, 5) is 0. The van der Waals surface area contributed by atoms with Crippen molar-refractivity contribution >= 4 is 11.6 Å². The van der Waals surface area contributed by atoms with E-state index in [2.05, 4.69) is 0 Å². The molecule has 0 saturated carbocycles. The third-order valence-electron chi connectivity index (χ3n) is 0.823. The van der Waals surface area contributed by atoms with Crippen LogP contribution in [-0.2, 0) is 9.47 Å². The van der Waals surface area contributed by atoms with Crippen LogP contribution in [0.2, 0.25) is 0 Å². The summed E-state index contributed by atoms with van der Waals surface area (Å²) in [5.74, 6) is 0. The molecule has 0 saturated heterocycles. The lowest BCUT2D eigenvalue weighted by atomic mass is 10.7. The van der Waals surface area contributed by atoms with Gasteiger partial charge in [-0.1, -0.05) is 11.6 Å².